The molecule has 1 aliphatic rings. The van der Waals surface area contributed by atoms with E-state index in [1.807, 2.05) is 12.1 Å². The van der Waals surface area contributed by atoms with Gasteiger partial charge in [0.25, 0.3) is 0 Å². The third kappa shape index (κ3) is 2.09. The Balaban J connectivity index is 2.31. The molecule has 0 bridgehead atoms. The number of rotatable bonds is 1. The van der Waals surface area contributed by atoms with Crippen LogP contribution in [0.3, 0.4) is 0 Å². The molecule has 1 aromatic heterocycles. The van der Waals surface area contributed by atoms with E-state index in [-0.39, 0.29) is 11.9 Å². The van der Waals surface area contributed by atoms with E-state index in [1.165, 1.54) is 0 Å². The normalized spacial score (nSPS) is 20.2. The minimum absolute atomic E-state index is 0.0490. The van der Waals surface area contributed by atoms with E-state index in [2.05, 4.69) is 29.5 Å². The van der Waals surface area contributed by atoms with Crippen molar-refractivity contribution in [1.82, 2.24) is 4.98 Å². The fourth-order valence-corrected chi connectivity index (χ4v) is 1.65. The number of pyridine rings is 1. The van der Waals surface area contributed by atoms with E-state index in [0.717, 1.165) is 11.5 Å². The molecule has 4 nitrogen and oxygen atoms in total. The van der Waals surface area contributed by atoms with Crippen LogP contribution in [0.15, 0.2) is 18.3 Å². The first-order chi connectivity index (χ1) is 7.16. The lowest BCUT2D eigenvalue weighted by atomic mass is 10.0. The Kier molecular flexibility index (Phi) is 2.58. The third-order valence-electron chi connectivity index (χ3n) is 2.61. The Morgan fingerprint density at radius 2 is 2.33 bits per heavy atom. The van der Waals surface area contributed by atoms with Crippen molar-refractivity contribution in [2.45, 2.75) is 26.3 Å². The summed E-state index contributed by atoms with van der Waals surface area (Å²) >= 11 is 0. The van der Waals surface area contributed by atoms with E-state index in [0.29, 0.717) is 12.3 Å². The average molecular weight is 205 g/mol. The van der Waals surface area contributed by atoms with Crippen molar-refractivity contribution in [3.05, 3.63) is 18.3 Å². The Morgan fingerprint density at radius 3 is 3.07 bits per heavy atom. The molecule has 80 valence electrons. The predicted octanol–water partition coefficient (Wildman–Crippen LogP) is 1.86. The van der Waals surface area contributed by atoms with Crippen molar-refractivity contribution in [3.63, 3.8) is 0 Å². The molecule has 1 atom stereocenters. The molecule has 15 heavy (non-hydrogen) atoms. The highest BCUT2D eigenvalue weighted by Crippen LogP contribution is 2.25. The summed E-state index contributed by atoms with van der Waals surface area (Å²) in [6.07, 6.45) is 2.22. The molecule has 4 heteroatoms. The van der Waals surface area contributed by atoms with Gasteiger partial charge in [0.05, 0.1) is 5.69 Å². The van der Waals surface area contributed by atoms with Crippen LogP contribution in [0, 0.1) is 5.92 Å². The number of carbonyl (C=O) groups is 1. The summed E-state index contributed by atoms with van der Waals surface area (Å²) in [5.41, 5.74) is 0.769. The largest absolute Gasteiger partial charge is 0.365 e. The molecule has 2 rings (SSSR count). The minimum Gasteiger partial charge on any atom is -0.365 e. The first kappa shape index (κ1) is 9.96. The van der Waals surface area contributed by atoms with Crippen LogP contribution < -0.4 is 10.6 Å². The summed E-state index contributed by atoms with van der Waals surface area (Å²) in [6, 6.07) is 3.83. The Bertz CT molecular complexity index is 376. The summed E-state index contributed by atoms with van der Waals surface area (Å²) in [7, 11) is 0. The number of hydrogen-bond donors (Lipinski definition) is 2. The van der Waals surface area contributed by atoms with Crippen molar-refractivity contribution in [3.8, 4) is 0 Å². The zero-order chi connectivity index (χ0) is 10.8. The fourth-order valence-electron chi connectivity index (χ4n) is 1.65. The summed E-state index contributed by atoms with van der Waals surface area (Å²) in [4.78, 5) is 15.8. The van der Waals surface area contributed by atoms with Crippen LogP contribution in [0.5, 0.6) is 0 Å². The Hall–Kier alpha value is -1.58. The molecule has 0 spiro atoms. The van der Waals surface area contributed by atoms with Crippen LogP contribution in [0.1, 0.15) is 20.3 Å². The van der Waals surface area contributed by atoms with Gasteiger partial charge in [0.15, 0.2) is 0 Å². The molecule has 0 fully saturated rings. The molecular weight excluding hydrogens is 190 g/mol. The number of hydrogen-bond acceptors (Lipinski definition) is 3. The highest BCUT2D eigenvalue weighted by atomic mass is 16.1. The van der Waals surface area contributed by atoms with Gasteiger partial charge in [0.2, 0.25) is 5.91 Å². The monoisotopic (exact) mass is 205 g/mol. The molecule has 1 aromatic rings. The molecule has 0 radical (unpaired) electrons. The van der Waals surface area contributed by atoms with Gasteiger partial charge in [-0.15, -0.1) is 0 Å². The predicted molar refractivity (Wildman–Crippen MR) is 59.7 cm³/mol. The highest BCUT2D eigenvalue weighted by molar-refractivity contribution is 5.95. The Morgan fingerprint density at radius 1 is 1.53 bits per heavy atom. The molecule has 2 N–H and O–H groups in total. The second-order valence-electron chi connectivity index (χ2n) is 4.15. The summed E-state index contributed by atoms with van der Waals surface area (Å²) < 4.78 is 0. The molecular formula is C11H15N3O. The summed E-state index contributed by atoms with van der Waals surface area (Å²) in [5.74, 6) is 1.22. The molecule has 2 heterocycles. The fraction of sp³-hybridized carbons (Fsp3) is 0.455. The van der Waals surface area contributed by atoms with Gasteiger partial charge < -0.3 is 10.6 Å². The number of amides is 1. The van der Waals surface area contributed by atoms with E-state index < -0.39 is 0 Å². The van der Waals surface area contributed by atoms with Crippen molar-refractivity contribution < 1.29 is 4.79 Å². The number of anilines is 2. The maximum absolute atomic E-state index is 11.6. The van der Waals surface area contributed by atoms with Gasteiger partial charge in [-0.1, -0.05) is 13.8 Å². The number of aromatic nitrogens is 1. The highest BCUT2D eigenvalue weighted by Gasteiger charge is 2.23. The van der Waals surface area contributed by atoms with Crippen LogP contribution in [0.4, 0.5) is 11.5 Å². The standard InChI is InChI=1S/C11H15N3O/c1-7(2)9-6-10(15)13-8-4-3-5-12-11(8)14-9/h3-5,7,9H,6H2,1-2H3,(H,12,14)(H,13,15). The summed E-state index contributed by atoms with van der Waals surface area (Å²) in [6.45, 7) is 4.19. The van der Waals surface area contributed by atoms with E-state index in [9.17, 15) is 4.79 Å². The van der Waals surface area contributed by atoms with Gasteiger partial charge in [-0.2, -0.15) is 0 Å². The summed E-state index contributed by atoms with van der Waals surface area (Å²) in [5, 5.41) is 6.14. The van der Waals surface area contributed by atoms with Gasteiger partial charge >= 0.3 is 0 Å². The molecule has 0 saturated heterocycles. The smallest absolute Gasteiger partial charge is 0.226 e. The second-order valence-corrected chi connectivity index (χ2v) is 4.15. The molecule has 1 aliphatic heterocycles. The van der Waals surface area contributed by atoms with Crippen molar-refractivity contribution in [2.24, 2.45) is 5.92 Å². The topological polar surface area (TPSA) is 54.0 Å². The molecule has 1 unspecified atom stereocenters. The van der Waals surface area contributed by atoms with Crippen molar-refractivity contribution >= 4 is 17.4 Å². The maximum atomic E-state index is 11.6. The number of fused-ring (bicyclic) bond motifs is 1. The lowest BCUT2D eigenvalue weighted by molar-refractivity contribution is -0.116. The van der Waals surface area contributed by atoms with Crippen molar-refractivity contribution in [1.29, 1.82) is 0 Å². The van der Waals surface area contributed by atoms with E-state index in [4.69, 9.17) is 0 Å². The van der Waals surface area contributed by atoms with Crippen LogP contribution in [0.25, 0.3) is 0 Å². The second kappa shape index (κ2) is 3.88. The SMILES string of the molecule is CC(C)C1CC(=O)Nc2cccnc2N1. The van der Waals surface area contributed by atoms with Crippen LogP contribution in [-0.2, 0) is 4.79 Å². The average Bonchev–Trinajstić information content (AvgIpc) is 2.35. The van der Waals surface area contributed by atoms with Gasteiger partial charge in [0.1, 0.15) is 5.82 Å². The lowest BCUT2D eigenvalue weighted by Gasteiger charge is -2.19. The molecule has 1 amide bonds. The van der Waals surface area contributed by atoms with Gasteiger partial charge in [-0.25, -0.2) is 4.98 Å². The molecule has 0 aromatic carbocycles. The van der Waals surface area contributed by atoms with Crippen molar-refractivity contribution in [2.75, 3.05) is 10.6 Å². The van der Waals surface area contributed by atoms with Gasteiger partial charge in [0, 0.05) is 18.7 Å². The van der Waals surface area contributed by atoms with E-state index >= 15 is 0 Å². The van der Waals surface area contributed by atoms with Crippen LogP contribution in [-0.4, -0.2) is 16.9 Å². The maximum Gasteiger partial charge on any atom is 0.226 e. The number of nitrogens with one attached hydrogen (secondary N) is 2. The quantitative estimate of drug-likeness (QED) is 0.735. The minimum atomic E-state index is 0.0490. The van der Waals surface area contributed by atoms with Crippen LogP contribution >= 0.6 is 0 Å². The van der Waals surface area contributed by atoms with Gasteiger partial charge in [-0.05, 0) is 18.1 Å². The lowest BCUT2D eigenvalue weighted by Crippen LogP contribution is -2.28. The number of nitrogens with zero attached hydrogens (tertiary/aromatic N) is 1. The molecule has 0 saturated carbocycles. The van der Waals surface area contributed by atoms with Crippen LogP contribution in [0.2, 0.25) is 0 Å². The number of carbonyl (C=O) groups excluding carboxylic acids is 1. The van der Waals surface area contributed by atoms with Gasteiger partial charge in [-0.3, -0.25) is 4.79 Å². The third-order valence-corrected chi connectivity index (χ3v) is 2.61. The zero-order valence-electron chi connectivity index (χ0n) is 8.95. The molecule has 0 aliphatic carbocycles. The Labute approximate surface area is 89.1 Å². The first-order valence-corrected chi connectivity index (χ1v) is 5.18. The van der Waals surface area contributed by atoms with E-state index in [1.54, 1.807) is 6.20 Å². The first-order valence-electron chi connectivity index (χ1n) is 5.18. The zero-order valence-corrected chi connectivity index (χ0v) is 8.95.